The molecule has 0 saturated carbocycles. The van der Waals surface area contributed by atoms with Crippen LogP contribution in [0.2, 0.25) is 0 Å². The average Bonchev–Trinajstić information content (AvgIpc) is 3.04. The van der Waals surface area contributed by atoms with E-state index in [0.717, 1.165) is 36.4 Å². The van der Waals surface area contributed by atoms with E-state index >= 15 is 0 Å². The van der Waals surface area contributed by atoms with Gasteiger partial charge < -0.3 is 9.97 Å². The third-order valence-electron chi connectivity index (χ3n) is 4.92. The zero-order valence-corrected chi connectivity index (χ0v) is 24.4. The number of pyridine rings is 3. The summed E-state index contributed by atoms with van der Waals surface area (Å²) in [6.07, 6.45) is 6.68. The molecule has 0 amide bonds. The van der Waals surface area contributed by atoms with Gasteiger partial charge in [-0.3, -0.25) is 18.2 Å². The Morgan fingerprint density at radius 1 is 0.465 bits per heavy atom. The summed E-state index contributed by atoms with van der Waals surface area (Å²) in [5.41, 5.74) is 2.05. The van der Waals surface area contributed by atoms with Crippen molar-refractivity contribution in [3.63, 3.8) is 0 Å². The summed E-state index contributed by atoms with van der Waals surface area (Å²) >= 11 is 0. The first-order valence-corrected chi connectivity index (χ1v) is 12.1. The number of hydrogen-bond acceptors (Lipinski definition) is 3. The predicted molar refractivity (Wildman–Crippen MR) is 146 cm³/mol. The van der Waals surface area contributed by atoms with Crippen LogP contribution in [0.5, 0.6) is 0 Å². The Bertz CT molecular complexity index is 1510. The van der Waals surface area contributed by atoms with Gasteiger partial charge in [0.05, 0.1) is 23.3 Å². The molecule has 0 aliphatic heterocycles. The first-order chi connectivity index (χ1) is 20.3. The van der Waals surface area contributed by atoms with E-state index in [-0.39, 0.29) is 20.1 Å². The van der Waals surface area contributed by atoms with Crippen LogP contribution in [-0.4, -0.2) is 15.0 Å². The number of aromatic nitrogens is 3. The quantitative estimate of drug-likeness (QED) is 0.131. The molecule has 6 aromatic rings. The van der Waals surface area contributed by atoms with E-state index < -0.39 is 34.9 Å². The van der Waals surface area contributed by atoms with Crippen LogP contribution in [0.15, 0.2) is 122 Å². The number of hydrogen-bond donors (Lipinski definition) is 0. The molecule has 0 N–H and O–H groups in total. The summed E-state index contributed by atoms with van der Waals surface area (Å²) in [5.74, 6) is -5.25. The van der Waals surface area contributed by atoms with Crippen molar-refractivity contribution < 1.29 is 46.4 Å². The molecule has 0 fully saturated rings. The van der Waals surface area contributed by atoms with Crippen LogP contribution in [0.1, 0.15) is 0 Å². The van der Waals surface area contributed by atoms with Crippen molar-refractivity contribution in [3.8, 4) is 22.5 Å². The zero-order chi connectivity index (χ0) is 30.2. The van der Waals surface area contributed by atoms with Crippen LogP contribution in [0.4, 0.5) is 26.3 Å². The van der Waals surface area contributed by atoms with Gasteiger partial charge in [0.15, 0.2) is 0 Å². The van der Waals surface area contributed by atoms with Gasteiger partial charge in [-0.05, 0) is 35.7 Å². The SMILES string of the molecule is Fc1c[c-]c(-c2ccccn2)cc1F.Fc1c[c-]c(-c2ccccn2)cc1F.Fc1c[c-]ccc1F.[Ir+3].c1ccncc1. The number of nitrogens with zero attached hydrogens (tertiary/aromatic N) is 3. The Kier molecular flexibility index (Phi) is 15.0. The van der Waals surface area contributed by atoms with Crippen molar-refractivity contribution in [2.75, 3.05) is 0 Å². The number of halogens is 6. The van der Waals surface area contributed by atoms with Gasteiger partial charge in [-0.25, -0.2) is 13.2 Å². The monoisotopic (exact) mass is 765 g/mol. The van der Waals surface area contributed by atoms with Gasteiger partial charge in [0.25, 0.3) is 0 Å². The second-order valence-electron chi connectivity index (χ2n) is 7.88. The molecule has 218 valence electrons. The van der Waals surface area contributed by atoms with Crippen LogP contribution >= 0.6 is 0 Å². The summed E-state index contributed by atoms with van der Waals surface area (Å²) in [5, 5.41) is 0. The first kappa shape index (κ1) is 34.5. The van der Waals surface area contributed by atoms with Gasteiger partial charge in [-0.2, -0.15) is 12.1 Å². The molecule has 3 aromatic carbocycles. The number of benzene rings is 3. The van der Waals surface area contributed by atoms with Crippen molar-refractivity contribution in [3.05, 3.63) is 175 Å². The third-order valence-corrected chi connectivity index (χ3v) is 4.92. The van der Waals surface area contributed by atoms with Gasteiger partial charge in [0.2, 0.25) is 0 Å². The van der Waals surface area contributed by atoms with Crippen molar-refractivity contribution in [1.29, 1.82) is 0 Å². The molecule has 0 unspecified atom stereocenters. The molecule has 0 saturated heterocycles. The molecule has 0 atom stereocenters. The second-order valence-corrected chi connectivity index (χ2v) is 7.88. The van der Waals surface area contributed by atoms with E-state index in [1.807, 2.05) is 18.2 Å². The van der Waals surface area contributed by atoms with Crippen molar-refractivity contribution in [1.82, 2.24) is 15.0 Å². The smallest absolute Gasteiger partial charge is 0.305 e. The second kappa shape index (κ2) is 18.7. The van der Waals surface area contributed by atoms with Gasteiger partial charge in [-0.1, -0.05) is 30.3 Å². The molecule has 3 heterocycles. The standard InChI is InChI=1S/2C11H6F2N.C6H3F2.C5H5N.Ir/c2*12-9-5-4-8(7-10(9)13)11-3-1-2-6-14-11;7-5-3-1-2-4-6(5)8;1-2-4-6-5-3-1;/h2*1-3,5-7H;1,3-4H;1-5H;/q3*-1;;+3. The maximum atomic E-state index is 12.8. The Morgan fingerprint density at radius 2 is 0.930 bits per heavy atom. The van der Waals surface area contributed by atoms with Crippen LogP contribution in [0.25, 0.3) is 22.5 Å². The minimum Gasteiger partial charge on any atom is -0.305 e. The summed E-state index contributed by atoms with van der Waals surface area (Å²) in [6.45, 7) is 0. The molecule has 3 nitrogen and oxygen atoms in total. The molecule has 0 aliphatic carbocycles. The predicted octanol–water partition coefficient (Wildman–Crippen LogP) is 8.50. The van der Waals surface area contributed by atoms with E-state index in [9.17, 15) is 26.3 Å². The Labute approximate surface area is 258 Å². The molecule has 0 bridgehead atoms. The summed E-state index contributed by atoms with van der Waals surface area (Å²) in [7, 11) is 0. The molecule has 6 rings (SSSR count). The minimum absolute atomic E-state index is 0. The number of rotatable bonds is 2. The molecule has 43 heavy (non-hydrogen) atoms. The third kappa shape index (κ3) is 12.0. The maximum absolute atomic E-state index is 12.8. The molecule has 0 spiro atoms. The molecule has 0 aliphatic rings. The van der Waals surface area contributed by atoms with Crippen LogP contribution in [0.3, 0.4) is 0 Å². The molecule has 0 radical (unpaired) electrons. The average molecular weight is 765 g/mol. The van der Waals surface area contributed by atoms with E-state index in [0.29, 0.717) is 22.5 Å². The first-order valence-electron chi connectivity index (χ1n) is 12.1. The van der Waals surface area contributed by atoms with Crippen LogP contribution < -0.4 is 0 Å². The zero-order valence-electron chi connectivity index (χ0n) is 22.0. The molecular formula is C33H20F6IrN3. The molecule has 3 aromatic heterocycles. The topological polar surface area (TPSA) is 38.7 Å². The fourth-order valence-corrected chi connectivity index (χ4v) is 2.94. The Hall–Kier alpha value is -4.66. The summed E-state index contributed by atoms with van der Waals surface area (Å²) in [4.78, 5) is 11.8. The summed E-state index contributed by atoms with van der Waals surface area (Å²) < 4.78 is 74.7. The van der Waals surface area contributed by atoms with Crippen molar-refractivity contribution in [2.45, 2.75) is 0 Å². The van der Waals surface area contributed by atoms with Crippen molar-refractivity contribution in [2.24, 2.45) is 0 Å². The molecule has 10 heteroatoms. The van der Waals surface area contributed by atoms with Gasteiger partial charge in [0, 0.05) is 36.4 Å². The minimum atomic E-state index is -0.898. The summed E-state index contributed by atoms with van der Waals surface area (Å²) in [6, 6.07) is 31.2. The van der Waals surface area contributed by atoms with Gasteiger partial charge in [0.1, 0.15) is 0 Å². The maximum Gasteiger partial charge on any atom is 3.00 e. The van der Waals surface area contributed by atoms with E-state index in [4.69, 9.17) is 0 Å². The Morgan fingerprint density at radius 3 is 1.23 bits per heavy atom. The van der Waals surface area contributed by atoms with Crippen LogP contribution in [0, 0.1) is 53.1 Å². The fraction of sp³-hybridized carbons (Fsp3) is 0. The van der Waals surface area contributed by atoms with Crippen molar-refractivity contribution >= 4 is 0 Å². The largest absolute Gasteiger partial charge is 3.00 e. The molecular weight excluding hydrogens is 745 g/mol. The van der Waals surface area contributed by atoms with E-state index in [1.54, 1.807) is 61.2 Å². The van der Waals surface area contributed by atoms with E-state index in [1.165, 1.54) is 6.07 Å². The normalized spacial score (nSPS) is 9.44. The Balaban J connectivity index is 0.000000209. The van der Waals surface area contributed by atoms with Crippen LogP contribution in [-0.2, 0) is 20.1 Å². The van der Waals surface area contributed by atoms with Gasteiger partial charge >= 0.3 is 20.1 Å². The van der Waals surface area contributed by atoms with Gasteiger partial charge in [-0.15, -0.1) is 59.7 Å². The fourth-order valence-electron chi connectivity index (χ4n) is 2.94. The van der Waals surface area contributed by atoms with E-state index in [2.05, 4.69) is 33.2 Å².